The second-order valence-corrected chi connectivity index (χ2v) is 3.50. The fraction of sp³-hybridized carbons (Fsp3) is 0.444. The van der Waals surface area contributed by atoms with Crippen LogP contribution in [0.3, 0.4) is 0 Å². The highest BCUT2D eigenvalue weighted by molar-refractivity contribution is 5.95. The molecule has 0 unspecified atom stereocenters. The van der Waals surface area contributed by atoms with Crippen molar-refractivity contribution in [3.8, 4) is 0 Å². The van der Waals surface area contributed by atoms with Gasteiger partial charge >= 0.3 is 0 Å². The molecule has 0 bridgehead atoms. The van der Waals surface area contributed by atoms with Gasteiger partial charge in [-0.25, -0.2) is 0 Å². The number of hydrogen-bond acceptors (Lipinski definition) is 5. The number of amidine groups is 1. The number of carbonyl (C=O) groups excluding carboxylic acids is 1. The first-order valence-electron chi connectivity index (χ1n) is 4.74. The van der Waals surface area contributed by atoms with E-state index in [1.54, 1.807) is 0 Å². The molecule has 1 aromatic heterocycles. The predicted molar refractivity (Wildman–Crippen MR) is 56.1 cm³/mol. The number of hydrogen-bond donors (Lipinski definition) is 2. The Bertz CT molecular complexity index is 372. The molecule has 7 nitrogen and oxygen atoms in total. The maximum Gasteiger partial charge on any atom is 0.276 e. The summed E-state index contributed by atoms with van der Waals surface area (Å²) in [4.78, 5) is 13.3. The maximum atomic E-state index is 11.9. The predicted octanol–water partition coefficient (Wildman–Crippen LogP) is 0.272. The summed E-state index contributed by atoms with van der Waals surface area (Å²) >= 11 is 0. The molecule has 16 heavy (non-hydrogen) atoms. The van der Waals surface area contributed by atoms with Crippen LogP contribution in [0.25, 0.3) is 0 Å². The highest BCUT2D eigenvalue weighted by atomic mass is 16.5. The molecule has 0 fully saturated rings. The molecule has 3 N–H and O–H groups in total. The fourth-order valence-electron chi connectivity index (χ4n) is 1.17. The van der Waals surface area contributed by atoms with Crippen LogP contribution in [0, 0.1) is 0 Å². The summed E-state index contributed by atoms with van der Waals surface area (Å²) in [5.41, 5.74) is 5.56. The van der Waals surface area contributed by atoms with Crippen molar-refractivity contribution in [3.05, 3.63) is 18.0 Å². The Labute approximate surface area is 92.5 Å². The normalized spacial score (nSPS) is 11.8. The molecule has 1 heterocycles. The van der Waals surface area contributed by atoms with Crippen LogP contribution in [0.1, 0.15) is 24.3 Å². The van der Waals surface area contributed by atoms with Crippen LogP contribution in [0.4, 0.5) is 0 Å². The molecule has 0 radical (unpaired) electrons. The van der Waals surface area contributed by atoms with Gasteiger partial charge in [-0.2, -0.15) is 0 Å². The lowest BCUT2D eigenvalue weighted by molar-refractivity contribution is 0.0723. The largest absolute Gasteiger partial charge is 0.409 e. The van der Waals surface area contributed by atoms with Crippen LogP contribution in [0.5, 0.6) is 0 Å². The minimum absolute atomic E-state index is 0.0365. The number of amides is 1. The minimum Gasteiger partial charge on any atom is -0.409 e. The van der Waals surface area contributed by atoms with E-state index in [9.17, 15) is 4.79 Å². The first-order valence-corrected chi connectivity index (χ1v) is 4.74. The summed E-state index contributed by atoms with van der Waals surface area (Å²) in [6, 6.07) is 1.37. The van der Waals surface area contributed by atoms with Crippen molar-refractivity contribution < 1.29 is 14.5 Å². The molecule has 0 atom stereocenters. The summed E-state index contributed by atoms with van der Waals surface area (Å²) in [5, 5.41) is 14.8. The second-order valence-electron chi connectivity index (χ2n) is 3.50. The lowest BCUT2D eigenvalue weighted by Gasteiger charge is -2.24. The van der Waals surface area contributed by atoms with Crippen LogP contribution in [-0.2, 0) is 0 Å². The number of oxime groups is 1. The highest BCUT2D eigenvalue weighted by Gasteiger charge is 2.21. The topological polar surface area (TPSA) is 105 Å². The number of nitrogens with zero attached hydrogens (tertiary/aromatic N) is 3. The molecular weight excluding hydrogens is 212 g/mol. The Morgan fingerprint density at radius 2 is 2.44 bits per heavy atom. The lowest BCUT2D eigenvalue weighted by Crippen LogP contribution is -2.43. The zero-order valence-corrected chi connectivity index (χ0v) is 9.12. The summed E-state index contributed by atoms with van der Waals surface area (Å²) < 4.78 is 4.59. The van der Waals surface area contributed by atoms with E-state index in [4.69, 9.17) is 10.9 Å². The zero-order valence-electron chi connectivity index (χ0n) is 9.12. The van der Waals surface area contributed by atoms with E-state index < -0.39 is 0 Å². The molecule has 88 valence electrons. The molecule has 1 amide bonds. The van der Waals surface area contributed by atoms with Gasteiger partial charge in [-0.3, -0.25) is 4.79 Å². The van der Waals surface area contributed by atoms with Crippen molar-refractivity contribution >= 4 is 11.7 Å². The summed E-state index contributed by atoms with van der Waals surface area (Å²) in [7, 11) is 0. The van der Waals surface area contributed by atoms with Crippen molar-refractivity contribution in [2.45, 2.75) is 19.9 Å². The second kappa shape index (κ2) is 5.15. The average Bonchev–Trinajstić information content (AvgIpc) is 2.77. The van der Waals surface area contributed by atoms with E-state index in [2.05, 4.69) is 14.8 Å². The first kappa shape index (κ1) is 12.0. The Morgan fingerprint density at radius 1 is 1.75 bits per heavy atom. The number of aromatic nitrogens is 1. The zero-order chi connectivity index (χ0) is 12.1. The highest BCUT2D eigenvalue weighted by Crippen LogP contribution is 2.06. The first-order chi connectivity index (χ1) is 7.56. The van der Waals surface area contributed by atoms with E-state index in [1.807, 2.05) is 13.8 Å². The van der Waals surface area contributed by atoms with Gasteiger partial charge in [-0.1, -0.05) is 10.3 Å². The number of carbonyl (C=O) groups is 1. The van der Waals surface area contributed by atoms with Crippen molar-refractivity contribution in [1.29, 1.82) is 0 Å². The Kier molecular flexibility index (Phi) is 3.87. The summed E-state index contributed by atoms with van der Waals surface area (Å²) in [6.45, 7) is 3.69. The van der Waals surface area contributed by atoms with Gasteiger partial charge in [0.05, 0.1) is 6.54 Å². The number of rotatable bonds is 4. The van der Waals surface area contributed by atoms with Gasteiger partial charge in [0.15, 0.2) is 11.5 Å². The van der Waals surface area contributed by atoms with Crippen molar-refractivity contribution in [2.75, 3.05) is 6.54 Å². The summed E-state index contributed by atoms with van der Waals surface area (Å²) in [6.07, 6.45) is 1.31. The van der Waals surface area contributed by atoms with Crippen LogP contribution in [-0.4, -0.2) is 39.6 Å². The van der Waals surface area contributed by atoms with E-state index in [0.717, 1.165) is 0 Å². The molecule has 0 saturated heterocycles. The molecule has 0 aliphatic heterocycles. The third-order valence-corrected chi connectivity index (χ3v) is 2.00. The smallest absolute Gasteiger partial charge is 0.276 e. The molecule has 0 aliphatic carbocycles. The Hall–Kier alpha value is -2.05. The van der Waals surface area contributed by atoms with Gasteiger partial charge in [-0.05, 0) is 13.8 Å². The van der Waals surface area contributed by atoms with Crippen LogP contribution >= 0.6 is 0 Å². The molecule has 7 heteroatoms. The molecule has 1 rings (SSSR count). The van der Waals surface area contributed by atoms with Crippen LogP contribution in [0.2, 0.25) is 0 Å². The van der Waals surface area contributed by atoms with E-state index in [0.29, 0.717) is 0 Å². The minimum atomic E-state index is -0.324. The van der Waals surface area contributed by atoms with Gasteiger partial charge in [-0.15, -0.1) is 0 Å². The monoisotopic (exact) mass is 226 g/mol. The summed E-state index contributed by atoms with van der Waals surface area (Å²) in [5.74, 6) is -0.360. The van der Waals surface area contributed by atoms with E-state index in [-0.39, 0.29) is 30.0 Å². The van der Waals surface area contributed by atoms with Gasteiger partial charge in [0.2, 0.25) is 0 Å². The van der Waals surface area contributed by atoms with Gasteiger partial charge in [0, 0.05) is 12.1 Å². The molecule has 0 aromatic carbocycles. The molecular formula is C9H14N4O3. The van der Waals surface area contributed by atoms with Gasteiger partial charge < -0.3 is 20.4 Å². The van der Waals surface area contributed by atoms with Crippen LogP contribution in [0.15, 0.2) is 22.0 Å². The average molecular weight is 226 g/mol. The van der Waals surface area contributed by atoms with Gasteiger partial charge in [0.25, 0.3) is 5.91 Å². The SMILES string of the molecule is CC(C)N(CC(N)=NO)C(=O)c1ccon1. The van der Waals surface area contributed by atoms with Crippen molar-refractivity contribution in [2.24, 2.45) is 10.9 Å². The maximum absolute atomic E-state index is 11.9. The molecule has 0 aliphatic rings. The van der Waals surface area contributed by atoms with Crippen molar-refractivity contribution in [3.63, 3.8) is 0 Å². The van der Waals surface area contributed by atoms with Gasteiger partial charge in [0.1, 0.15) is 6.26 Å². The Morgan fingerprint density at radius 3 is 2.88 bits per heavy atom. The quantitative estimate of drug-likeness (QED) is 0.332. The van der Waals surface area contributed by atoms with E-state index >= 15 is 0 Å². The lowest BCUT2D eigenvalue weighted by atomic mass is 10.2. The van der Waals surface area contributed by atoms with Crippen molar-refractivity contribution in [1.82, 2.24) is 10.1 Å². The molecule has 0 saturated carbocycles. The third kappa shape index (κ3) is 2.72. The molecule has 0 spiro atoms. The Balaban J connectivity index is 2.82. The third-order valence-electron chi connectivity index (χ3n) is 2.00. The molecule has 1 aromatic rings. The standard InChI is InChI=1S/C9H14N4O3/c1-6(2)13(5-8(10)11-15)9(14)7-3-4-16-12-7/h3-4,6,15H,5H2,1-2H3,(H2,10,11). The number of nitrogens with two attached hydrogens (primary N) is 1. The van der Waals surface area contributed by atoms with E-state index in [1.165, 1.54) is 17.2 Å². The fourth-order valence-corrected chi connectivity index (χ4v) is 1.17. The van der Waals surface area contributed by atoms with Crippen LogP contribution < -0.4 is 5.73 Å².